The first kappa shape index (κ1) is 18.9. The van der Waals surface area contributed by atoms with Crippen molar-refractivity contribution >= 4 is 20.4 Å². The average molecular weight is 357 g/mol. The fourth-order valence-electron chi connectivity index (χ4n) is 3.73. The highest BCUT2D eigenvalue weighted by Crippen LogP contribution is 2.31. The van der Waals surface area contributed by atoms with Crippen LogP contribution in [0.2, 0.25) is 23.2 Å². The number of hydrogen-bond donors (Lipinski definition) is 0. The van der Waals surface area contributed by atoms with Crippen LogP contribution < -0.4 is 0 Å². The molecular weight excluding hydrogens is 327 g/mol. The minimum Gasteiger partial charge on any atom is -0.385 e. The summed E-state index contributed by atoms with van der Waals surface area (Å²) in [6, 6.07) is 9.81. The summed E-state index contributed by atoms with van der Waals surface area (Å²) >= 11 is 5.74. The van der Waals surface area contributed by atoms with Crippen LogP contribution in [-0.2, 0) is 11.2 Å². The van der Waals surface area contributed by atoms with E-state index in [4.69, 9.17) is 16.3 Å². The minimum atomic E-state index is -0.448. The van der Waals surface area contributed by atoms with E-state index in [9.17, 15) is 4.39 Å². The Labute approximate surface area is 147 Å². The summed E-state index contributed by atoms with van der Waals surface area (Å²) in [4.78, 5) is 0. The summed E-state index contributed by atoms with van der Waals surface area (Å²) in [5, 5.41) is 0.228. The molecule has 0 spiro atoms. The zero-order chi connectivity index (χ0) is 16.5. The lowest BCUT2D eigenvalue weighted by molar-refractivity contribution is 0.192. The number of hydrogen-bond acceptors (Lipinski definition) is 1. The molecule has 0 amide bonds. The number of rotatable bonds is 9. The second kappa shape index (κ2) is 10.5. The van der Waals surface area contributed by atoms with Gasteiger partial charge in [0, 0.05) is 22.5 Å². The second-order valence-corrected chi connectivity index (χ2v) is 10.9. The molecule has 1 nitrogen and oxygen atoms in total. The lowest BCUT2D eigenvalue weighted by atomic mass is 9.94. The van der Waals surface area contributed by atoms with E-state index in [2.05, 4.69) is 0 Å². The third-order valence-electron chi connectivity index (χ3n) is 5.25. The van der Waals surface area contributed by atoms with Crippen molar-refractivity contribution < 1.29 is 9.13 Å². The van der Waals surface area contributed by atoms with E-state index in [1.165, 1.54) is 56.7 Å². The SMILES string of the molecule is COCCCCC[SiH]1CCC(CCc2ccc(Cl)c(F)c2)CC1. The Bertz CT molecular complexity index is 461. The molecule has 130 valence electrons. The Kier molecular flexibility index (Phi) is 8.63. The van der Waals surface area contributed by atoms with E-state index in [0.29, 0.717) is 0 Å². The molecule has 1 aliphatic heterocycles. The molecule has 23 heavy (non-hydrogen) atoms. The van der Waals surface area contributed by atoms with Gasteiger partial charge in [-0.3, -0.25) is 0 Å². The number of methoxy groups -OCH3 is 1. The van der Waals surface area contributed by atoms with E-state index in [-0.39, 0.29) is 10.8 Å². The van der Waals surface area contributed by atoms with Gasteiger partial charge in [0.1, 0.15) is 5.82 Å². The number of aryl methyl sites for hydroxylation is 1. The molecule has 1 aromatic carbocycles. The molecule has 4 heteroatoms. The van der Waals surface area contributed by atoms with E-state index in [1.807, 2.05) is 6.07 Å². The lowest BCUT2D eigenvalue weighted by Gasteiger charge is -2.27. The molecule has 1 heterocycles. The Morgan fingerprint density at radius 2 is 2.00 bits per heavy atom. The predicted molar refractivity (Wildman–Crippen MR) is 99.8 cm³/mol. The quantitative estimate of drug-likeness (QED) is 0.397. The number of halogens is 2. The van der Waals surface area contributed by atoms with Gasteiger partial charge in [-0.15, -0.1) is 0 Å². The molecule has 1 saturated heterocycles. The lowest BCUT2D eigenvalue weighted by Crippen LogP contribution is -2.21. The van der Waals surface area contributed by atoms with Crippen LogP contribution in [0.4, 0.5) is 4.39 Å². The Morgan fingerprint density at radius 1 is 1.22 bits per heavy atom. The molecule has 0 bridgehead atoms. The largest absolute Gasteiger partial charge is 0.385 e. The summed E-state index contributed by atoms with van der Waals surface area (Å²) in [6.45, 7) is 0.916. The summed E-state index contributed by atoms with van der Waals surface area (Å²) < 4.78 is 18.6. The van der Waals surface area contributed by atoms with Crippen molar-refractivity contribution in [2.24, 2.45) is 5.92 Å². The highest BCUT2D eigenvalue weighted by Gasteiger charge is 2.21. The van der Waals surface area contributed by atoms with Gasteiger partial charge < -0.3 is 4.74 Å². The van der Waals surface area contributed by atoms with Gasteiger partial charge in [-0.2, -0.15) is 0 Å². The van der Waals surface area contributed by atoms with Gasteiger partial charge in [0.2, 0.25) is 0 Å². The monoisotopic (exact) mass is 356 g/mol. The van der Waals surface area contributed by atoms with Crippen LogP contribution in [0.15, 0.2) is 18.2 Å². The zero-order valence-corrected chi connectivity index (χ0v) is 16.2. The summed E-state index contributed by atoms with van der Waals surface area (Å²) in [7, 11) is 1.34. The standard InChI is InChI=1S/C19H30ClFOSi/c1-22-11-3-2-4-12-23-13-9-16(10-14-23)5-6-17-7-8-18(20)19(21)15-17/h7-8,15-16,23H,2-6,9-14H2,1H3. The van der Waals surface area contributed by atoms with E-state index < -0.39 is 8.80 Å². The molecular formula is C19H30ClFOSi. The average Bonchev–Trinajstić information content (AvgIpc) is 2.57. The van der Waals surface area contributed by atoms with Gasteiger partial charge in [0.05, 0.1) is 5.02 Å². The molecule has 1 aliphatic rings. The van der Waals surface area contributed by atoms with E-state index in [1.54, 1.807) is 19.2 Å². The van der Waals surface area contributed by atoms with Crippen molar-refractivity contribution in [2.45, 2.75) is 63.1 Å². The first-order chi connectivity index (χ1) is 11.2. The van der Waals surface area contributed by atoms with Gasteiger partial charge in [-0.1, -0.05) is 61.5 Å². The maximum atomic E-state index is 13.5. The Balaban J connectivity index is 1.60. The molecule has 1 fully saturated rings. The van der Waals surface area contributed by atoms with Crippen molar-refractivity contribution in [1.82, 2.24) is 0 Å². The van der Waals surface area contributed by atoms with Crippen molar-refractivity contribution in [1.29, 1.82) is 0 Å². The van der Waals surface area contributed by atoms with Crippen LogP contribution in [0.3, 0.4) is 0 Å². The van der Waals surface area contributed by atoms with Gasteiger partial charge >= 0.3 is 0 Å². The molecule has 0 aliphatic carbocycles. The van der Waals surface area contributed by atoms with Crippen LogP contribution in [0.25, 0.3) is 0 Å². The van der Waals surface area contributed by atoms with E-state index in [0.717, 1.165) is 24.5 Å². The van der Waals surface area contributed by atoms with Crippen molar-refractivity contribution in [3.8, 4) is 0 Å². The fourth-order valence-corrected chi connectivity index (χ4v) is 7.47. The predicted octanol–water partition coefficient (Wildman–Crippen LogP) is 5.87. The van der Waals surface area contributed by atoms with Crippen LogP contribution in [0, 0.1) is 11.7 Å². The Morgan fingerprint density at radius 3 is 2.70 bits per heavy atom. The molecule has 2 rings (SSSR count). The van der Waals surface area contributed by atoms with Crippen LogP contribution >= 0.6 is 11.6 Å². The summed E-state index contributed by atoms with van der Waals surface area (Å²) in [6.07, 6.45) is 8.98. The van der Waals surface area contributed by atoms with Crippen LogP contribution in [0.1, 0.15) is 44.1 Å². The number of ether oxygens (including phenoxy) is 1. The van der Waals surface area contributed by atoms with Crippen molar-refractivity contribution in [2.75, 3.05) is 13.7 Å². The van der Waals surface area contributed by atoms with Gasteiger partial charge in [0.15, 0.2) is 0 Å². The van der Waals surface area contributed by atoms with Gasteiger partial charge in [0.25, 0.3) is 0 Å². The molecule has 0 unspecified atom stereocenters. The fraction of sp³-hybridized carbons (Fsp3) is 0.684. The highest BCUT2D eigenvalue weighted by molar-refractivity contribution is 6.58. The topological polar surface area (TPSA) is 9.23 Å². The highest BCUT2D eigenvalue weighted by atomic mass is 35.5. The second-order valence-electron chi connectivity index (χ2n) is 7.02. The summed E-state index contributed by atoms with van der Waals surface area (Å²) in [5.74, 6) is 0.569. The maximum Gasteiger partial charge on any atom is 0.142 e. The first-order valence-corrected chi connectivity index (χ1v) is 11.9. The maximum absolute atomic E-state index is 13.5. The third kappa shape index (κ3) is 6.94. The molecule has 1 aromatic rings. The van der Waals surface area contributed by atoms with Crippen LogP contribution in [0.5, 0.6) is 0 Å². The first-order valence-electron chi connectivity index (χ1n) is 9.12. The van der Waals surface area contributed by atoms with Crippen molar-refractivity contribution in [3.05, 3.63) is 34.6 Å². The molecule has 0 aromatic heterocycles. The number of unbranched alkanes of at least 4 members (excludes halogenated alkanes) is 2. The third-order valence-corrected chi connectivity index (χ3v) is 9.08. The Hall–Kier alpha value is -0.383. The normalized spacial score (nSPS) is 21.5. The molecule has 0 saturated carbocycles. The molecule has 0 atom stereocenters. The van der Waals surface area contributed by atoms with Gasteiger partial charge in [-0.05, 0) is 42.9 Å². The molecule has 0 radical (unpaired) electrons. The zero-order valence-electron chi connectivity index (χ0n) is 14.3. The smallest absolute Gasteiger partial charge is 0.142 e. The van der Waals surface area contributed by atoms with Crippen molar-refractivity contribution in [3.63, 3.8) is 0 Å². The van der Waals surface area contributed by atoms with Gasteiger partial charge in [-0.25, -0.2) is 4.39 Å². The van der Waals surface area contributed by atoms with E-state index >= 15 is 0 Å². The summed E-state index contributed by atoms with van der Waals surface area (Å²) in [5.41, 5.74) is 1.09. The van der Waals surface area contributed by atoms with Crippen LogP contribution in [-0.4, -0.2) is 22.5 Å². The number of benzene rings is 1. The molecule has 0 N–H and O–H groups in total. The minimum absolute atomic E-state index is 0.228.